The third kappa shape index (κ3) is 14.7. The van der Waals surface area contributed by atoms with Crippen molar-refractivity contribution in [1.82, 2.24) is 29.4 Å². The number of hydrogen-bond acceptors (Lipinski definition) is 12. The maximum atomic E-state index is 12.8. The van der Waals surface area contributed by atoms with E-state index >= 15 is 0 Å². The fourth-order valence-electron chi connectivity index (χ4n) is 5.82. The first-order chi connectivity index (χ1) is 25.6. The van der Waals surface area contributed by atoms with E-state index < -0.39 is 0 Å². The van der Waals surface area contributed by atoms with Crippen LogP contribution in [0.3, 0.4) is 0 Å². The smallest absolute Gasteiger partial charge is 0.295 e. The monoisotopic (exact) mass is 806 g/mol. The first kappa shape index (κ1) is 46.9. The van der Waals surface area contributed by atoms with Crippen LogP contribution in [0, 0.1) is 0 Å². The summed E-state index contributed by atoms with van der Waals surface area (Å²) in [5.41, 5.74) is 2.10. The molecule has 2 aliphatic rings. The van der Waals surface area contributed by atoms with Crippen LogP contribution in [0.5, 0.6) is 11.8 Å². The Hall–Kier alpha value is -4.22. The van der Waals surface area contributed by atoms with Crippen LogP contribution in [0.15, 0.2) is 82.4 Å². The molecule has 4 N–H and O–H groups in total. The number of benzene rings is 2. The van der Waals surface area contributed by atoms with Crippen molar-refractivity contribution in [3.8, 4) is 23.1 Å². The van der Waals surface area contributed by atoms with E-state index in [-0.39, 0.29) is 41.4 Å². The van der Waals surface area contributed by atoms with Gasteiger partial charge in [0.1, 0.15) is 11.4 Å². The molecule has 304 valence electrons. The van der Waals surface area contributed by atoms with Crippen LogP contribution in [0.25, 0.3) is 11.4 Å². The topological polar surface area (TPSA) is 169 Å². The zero-order valence-corrected chi connectivity index (χ0v) is 33.3. The molecule has 4 heterocycles. The van der Waals surface area contributed by atoms with Gasteiger partial charge in [0.05, 0.1) is 51.0 Å². The van der Waals surface area contributed by atoms with Crippen LogP contribution in [0.2, 0.25) is 0 Å². The fourth-order valence-corrected chi connectivity index (χ4v) is 5.82. The van der Waals surface area contributed by atoms with Crippen LogP contribution >= 0.6 is 24.8 Å². The highest BCUT2D eigenvalue weighted by Crippen LogP contribution is 2.15. The Morgan fingerprint density at radius 2 is 0.982 bits per heavy atom. The minimum atomic E-state index is -0.175. The maximum absolute atomic E-state index is 12.8. The minimum absolute atomic E-state index is 0. The highest BCUT2D eigenvalue weighted by molar-refractivity contribution is 5.85. The largest absolute Gasteiger partial charge is 0.477 e. The molecular formula is C38H56Cl2N8O7. The second kappa shape index (κ2) is 25.8. The number of rotatable bonds is 16. The summed E-state index contributed by atoms with van der Waals surface area (Å²) in [6.07, 6.45) is 1.91. The number of nitrogens with zero attached hydrogens (tertiary/aromatic N) is 6. The molecule has 0 bridgehead atoms. The summed E-state index contributed by atoms with van der Waals surface area (Å²) in [4.78, 5) is 30.3. The summed E-state index contributed by atoms with van der Waals surface area (Å²) in [5.74, 6) is 0.873. The molecule has 2 fully saturated rings. The number of hydrogen-bond donors (Lipinski definition) is 2. The van der Waals surface area contributed by atoms with Crippen molar-refractivity contribution >= 4 is 36.2 Å². The first-order valence-electron chi connectivity index (χ1n) is 18.3. The summed E-state index contributed by atoms with van der Waals surface area (Å²) in [6, 6.07) is 22.1. The summed E-state index contributed by atoms with van der Waals surface area (Å²) in [5, 5.41) is 15.1. The Morgan fingerprint density at radius 3 is 1.33 bits per heavy atom. The van der Waals surface area contributed by atoms with Gasteiger partial charge in [0.15, 0.2) is 0 Å². The Bertz CT molecular complexity index is 1630. The lowest BCUT2D eigenvalue weighted by Gasteiger charge is -2.26. The zero-order valence-electron chi connectivity index (χ0n) is 31.7. The first-order valence-corrected chi connectivity index (χ1v) is 18.3. The lowest BCUT2D eigenvalue weighted by Crippen LogP contribution is -2.37. The van der Waals surface area contributed by atoms with E-state index in [2.05, 4.69) is 30.6 Å². The standard InChI is InChI=1S/2C19H26N4O3.2ClH.H2O/c2*1-2-26-18-15-17(20-9-6-10-22-11-13-25-14-12-22)19(24)23(21-18)16-7-4-3-5-8-16;;;/h2*3-5,7-8,15,20H,2,6,9-14H2,1H3;2*1H;1H2. The molecule has 0 amide bonds. The molecule has 2 aliphatic heterocycles. The van der Waals surface area contributed by atoms with Gasteiger partial charge >= 0.3 is 0 Å². The third-order valence-electron chi connectivity index (χ3n) is 8.50. The maximum Gasteiger partial charge on any atom is 0.295 e. The van der Waals surface area contributed by atoms with Crippen LogP contribution in [-0.2, 0) is 9.47 Å². The number of ether oxygens (including phenoxy) is 4. The average molecular weight is 808 g/mol. The van der Waals surface area contributed by atoms with Crippen LogP contribution in [-0.4, -0.2) is 127 Å². The summed E-state index contributed by atoms with van der Waals surface area (Å²) in [6.45, 7) is 15.3. The molecule has 6 rings (SSSR count). The lowest BCUT2D eigenvalue weighted by atomic mass is 10.3. The Balaban J connectivity index is 0.000000360. The number of halogens is 2. The number of anilines is 2. The van der Waals surface area contributed by atoms with E-state index in [1.165, 1.54) is 9.36 Å². The van der Waals surface area contributed by atoms with E-state index in [0.29, 0.717) is 36.3 Å². The molecule has 0 atom stereocenters. The van der Waals surface area contributed by atoms with Gasteiger partial charge in [-0.05, 0) is 64.0 Å². The van der Waals surface area contributed by atoms with Crippen LogP contribution < -0.4 is 31.2 Å². The lowest BCUT2D eigenvalue weighted by molar-refractivity contribution is 0.0378. The molecule has 2 aromatic heterocycles. The van der Waals surface area contributed by atoms with Crippen molar-refractivity contribution in [1.29, 1.82) is 0 Å². The molecule has 0 aliphatic carbocycles. The van der Waals surface area contributed by atoms with Crippen molar-refractivity contribution < 1.29 is 24.4 Å². The van der Waals surface area contributed by atoms with Gasteiger partial charge in [-0.25, -0.2) is 0 Å². The Labute approximate surface area is 335 Å². The molecule has 0 saturated carbocycles. The molecule has 0 unspecified atom stereocenters. The van der Waals surface area contributed by atoms with Gasteiger partial charge < -0.3 is 35.1 Å². The summed E-state index contributed by atoms with van der Waals surface area (Å²) >= 11 is 0. The molecular weight excluding hydrogens is 751 g/mol. The molecule has 2 aromatic carbocycles. The van der Waals surface area contributed by atoms with E-state index in [1.807, 2.05) is 74.5 Å². The zero-order chi connectivity index (χ0) is 36.4. The molecule has 0 radical (unpaired) electrons. The molecule has 4 aromatic rings. The SMILES string of the molecule is CCOc1cc(NCCCN2CCOCC2)c(=O)n(-c2ccccc2)n1.CCOc1cc(NCCCN2CCOCC2)c(=O)n(-c2ccccc2)n1.Cl.Cl.O. The molecule has 15 nitrogen and oxygen atoms in total. The number of morpholine rings is 2. The van der Waals surface area contributed by atoms with Gasteiger partial charge in [0.25, 0.3) is 11.1 Å². The third-order valence-corrected chi connectivity index (χ3v) is 8.50. The molecule has 0 spiro atoms. The van der Waals surface area contributed by atoms with E-state index in [4.69, 9.17) is 18.9 Å². The van der Waals surface area contributed by atoms with Gasteiger partial charge in [-0.1, -0.05) is 36.4 Å². The van der Waals surface area contributed by atoms with Gasteiger partial charge in [0.2, 0.25) is 11.8 Å². The van der Waals surface area contributed by atoms with E-state index in [9.17, 15) is 9.59 Å². The van der Waals surface area contributed by atoms with Crippen LogP contribution in [0.1, 0.15) is 26.7 Å². The van der Waals surface area contributed by atoms with Crippen molar-refractivity contribution in [3.05, 3.63) is 93.5 Å². The van der Waals surface area contributed by atoms with E-state index in [0.717, 1.165) is 103 Å². The molecule has 2 saturated heterocycles. The predicted octanol–water partition coefficient (Wildman–Crippen LogP) is 3.55. The van der Waals surface area contributed by atoms with Crippen LogP contribution in [0.4, 0.5) is 11.4 Å². The Morgan fingerprint density at radius 1 is 0.618 bits per heavy atom. The second-order valence-electron chi connectivity index (χ2n) is 12.2. The number of nitrogens with one attached hydrogen (secondary N) is 2. The minimum Gasteiger partial charge on any atom is -0.477 e. The summed E-state index contributed by atoms with van der Waals surface area (Å²) in [7, 11) is 0. The fraction of sp³-hybridized carbons (Fsp3) is 0.474. The normalized spacial score (nSPS) is 14.1. The second-order valence-corrected chi connectivity index (χ2v) is 12.2. The summed E-state index contributed by atoms with van der Waals surface area (Å²) < 4.78 is 24.6. The average Bonchev–Trinajstić information content (AvgIpc) is 3.19. The predicted molar refractivity (Wildman–Crippen MR) is 221 cm³/mol. The van der Waals surface area contributed by atoms with Crippen molar-refractivity contribution in [2.75, 3.05) is 103 Å². The van der Waals surface area contributed by atoms with Crippen molar-refractivity contribution in [2.45, 2.75) is 26.7 Å². The van der Waals surface area contributed by atoms with Crippen molar-refractivity contribution in [2.24, 2.45) is 0 Å². The number of para-hydroxylation sites is 2. The highest BCUT2D eigenvalue weighted by atomic mass is 35.5. The Kier molecular flexibility index (Phi) is 22.0. The van der Waals surface area contributed by atoms with Gasteiger partial charge in [-0.2, -0.15) is 9.36 Å². The quantitative estimate of drug-likeness (QED) is 0.158. The van der Waals surface area contributed by atoms with Crippen molar-refractivity contribution in [3.63, 3.8) is 0 Å². The number of aromatic nitrogens is 4. The molecule has 17 heteroatoms. The van der Waals surface area contributed by atoms with E-state index in [1.54, 1.807) is 12.1 Å². The van der Waals surface area contributed by atoms with Gasteiger partial charge in [-0.15, -0.1) is 35.0 Å². The highest BCUT2D eigenvalue weighted by Gasteiger charge is 2.14. The molecule has 55 heavy (non-hydrogen) atoms. The van der Waals surface area contributed by atoms with Gasteiger partial charge in [-0.3, -0.25) is 19.4 Å². The van der Waals surface area contributed by atoms with Gasteiger partial charge in [0, 0.05) is 51.4 Å².